The molecule has 1 aromatic carbocycles. The van der Waals surface area contributed by atoms with Gasteiger partial charge in [0.2, 0.25) is 0 Å². The second kappa shape index (κ2) is 7.42. The molecule has 1 aromatic rings. The van der Waals surface area contributed by atoms with Crippen molar-refractivity contribution >= 4 is 5.91 Å². The molecule has 1 unspecified atom stereocenters. The minimum absolute atomic E-state index is 0.0506. The molecule has 148 valence electrons. The Morgan fingerprint density at radius 1 is 1.26 bits per heavy atom. The first-order valence-corrected chi connectivity index (χ1v) is 10.3. The van der Waals surface area contributed by atoms with E-state index in [2.05, 4.69) is 6.92 Å². The van der Waals surface area contributed by atoms with Gasteiger partial charge in [0, 0.05) is 31.7 Å². The van der Waals surface area contributed by atoms with E-state index < -0.39 is 5.82 Å². The average Bonchev–Trinajstić information content (AvgIpc) is 3.22. The Kier molecular flexibility index (Phi) is 5.15. The summed E-state index contributed by atoms with van der Waals surface area (Å²) in [5, 5.41) is 0. The highest BCUT2D eigenvalue weighted by molar-refractivity contribution is 5.95. The number of carbonyl (C=O) groups excluding carboxylic acids is 1. The Morgan fingerprint density at radius 3 is 2.63 bits per heavy atom. The zero-order valence-electron chi connectivity index (χ0n) is 16.4. The summed E-state index contributed by atoms with van der Waals surface area (Å²) in [6.45, 7) is 4.03. The molecule has 1 atom stereocenters. The molecule has 3 fully saturated rings. The van der Waals surface area contributed by atoms with Crippen LogP contribution in [-0.4, -0.2) is 43.7 Å². The van der Waals surface area contributed by atoms with E-state index in [4.69, 9.17) is 9.47 Å². The maximum absolute atomic E-state index is 14.8. The number of halogens is 1. The van der Waals surface area contributed by atoms with Crippen LogP contribution in [0.15, 0.2) is 12.1 Å². The molecular formula is C22H30FNO3. The van der Waals surface area contributed by atoms with Gasteiger partial charge in [0.05, 0.1) is 18.3 Å². The average molecular weight is 375 g/mol. The Bertz CT molecular complexity index is 710. The third-order valence-electron chi connectivity index (χ3n) is 6.50. The van der Waals surface area contributed by atoms with E-state index in [1.54, 1.807) is 18.1 Å². The number of hydrogen-bond donors (Lipinski definition) is 0. The molecule has 1 heterocycles. The van der Waals surface area contributed by atoms with Crippen molar-refractivity contribution < 1.29 is 18.7 Å². The summed E-state index contributed by atoms with van der Waals surface area (Å²) < 4.78 is 26.3. The highest BCUT2D eigenvalue weighted by Crippen LogP contribution is 2.46. The van der Waals surface area contributed by atoms with E-state index in [0.29, 0.717) is 31.4 Å². The minimum atomic E-state index is -0.475. The zero-order valence-corrected chi connectivity index (χ0v) is 16.4. The number of amides is 1. The lowest BCUT2D eigenvalue weighted by atomic mass is 9.90. The Morgan fingerprint density at radius 2 is 2.00 bits per heavy atom. The summed E-state index contributed by atoms with van der Waals surface area (Å²) in [5.74, 6) is 0.324. The van der Waals surface area contributed by atoms with Gasteiger partial charge in [-0.25, -0.2) is 4.39 Å². The number of benzene rings is 1. The highest BCUT2D eigenvalue weighted by Gasteiger charge is 2.34. The van der Waals surface area contributed by atoms with Gasteiger partial charge >= 0.3 is 0 Å². The molecule has 0 bridgehead atoms. The summed E-state index contributed by atoms with van der Waals surface area (Å²) in [6.07, 6.45) is 7.85. The van der Waals surface area contributed by atoms with E-state index in [0.717, 1.165) is 24.8 Å². The van der Waals surface area contributed by atoms with Crippen molar-refractivity contribution in [3.8, 4) is 5.75 Å². The molecule has 0 N–H and O–H groups in total. The maximum atomic E-state index is 14.8. The minimum Gasteiger partial charge on any atom is -0.493 e. The van der Waals surface area contributed by atoms with E-state index in [9.17, 15) is 9.18 Å². The third kappa shape index (κ3) is 3.98. The SMILES string of the molecule is COC1CCN(C(=O)c2cc(C3CC3)c(OCC3(C)CCCC3)cc2F)C1. The number of hydrogen-bond acceptors (Lipinski definition) is 3. The lowest BCUT2D eigenvalue weighted by Crippen LogP contribution is -2.30. The van der Waals surface area contributed by atoms with Gasteiger partial charge in [0.1, 0.15) is 11.6 Å². The lowest BCUT2D eigenvalue weighted by molar-refractivity contribution is 0.0719. The van der Waals surface area contributed by atoms with E-state index in [1.807, 2.05) is 0 Å². The number of nitrogens with zero attached hydrogens (tertiary/aromatic N) is 1. The van der Waals surface area contributed by atoms with Gasteiger partial charge in [-0.05, 0) is 49.7 Å². The van der Waals surface area contributed by atoms with Crippen molar-refractivity contribution in [1.29, 1.82) is 0 Å². The van der Waals surface area contributed by atoms with Crippen LogP contribution in [0.25, 0.3) is 0 Å². The maximum Gasteiger partial charge on any atom is 0.256 e. The molecule has 4 rings (SSSR count). The quantitative estimate of drug-likeness (QED) is 0.734. The summed E-state index contributed by atoms with van der Waals surface area (Å²) in [7, 11) is 1.65. The molecule has 27 heavy (non-hydrogen) atoms. The summed E-state index contributed by atoms with van der Waals surface area (Å²) >= 11 is 0. The monoisotopic (exact) mass is 375 g/mol. The van der Waals surface area contributed by atoms with Crippen LogP contribution in [0, 0.1) is 11.2 Å². The smallest absolute Gasteiger partial charge is 0.256 e. The standard InChI is InChI=1S/C22H30FNO3/c1-22(8-3-4-9-22)14-27-20-12-19(23)18(11-17(20)15-5-6-15)21(25)24-10-7-16(13-24)26-2/h11-12,15-16H,3-10,13-14H2,1-2H3. The lowest BCUT2D eigenvalue weighted by Gasteiger charge is -2.25. The van der Waals surface area contributed by atoms with Crippen LogP contribution < -0.4 is 4.74 Å². The normalized spacial score (nSPS) is 24.4. The topological polar surface area (TPSA) is 38.8 Å². The number of rotatable bonds is 6. The van der Waals surface area contributed by atoms with Crippen molar-refractivity contribution in [3.63, 3.8) is 0 Å². The van der Waals surface area contributed by atoms with Crippen LogP contribution in [0.1, 0.15) is 73.7 Å². The fraction of sp³-hybridized carbons (Fsp3) is 0.682. The predicted molar refractivity (Wildman–Crippen MR) is 102 cm³/mol. The predicted octanol–water partition coefficient (Wildman–Crippen LogP) is 4.52. The summed E-state index contributed by atoms with van der Waals surface area (Å²) in [5.41, 5.74) is 1.37. The van der Waals surface area contributed by atoms with Crippen LogP contribution >= 0.6 is 0 Å². The second-order valence-electron chi connectivity index (χ2n) is 8.85. The molecule has 3 aliphatic rings. The number of ether oxygens (including phenoxy) is 2. The third-order valence-corrected chi connectivity index (χ3v) is 6.50. The van der Waals surface area contributed by atoms with Crippen LogP contribution in [0.4, 0.5) is 4.39 Å². The van der Waals surface area contributed by atoms with Crippen molar-refractivity contribution in [1.82, 2.24) is 4.90 Å². The Labute approximate surface area is 161 Å². The number of carbonyl (C=O) groups is 1. The van der Waals surface area contributed by atoms with Crippen molar-refractivity contribution in [2.45, 2.75) is 63.9 Å². The molecule has 4 nitrogen and oxygen atoms in total. The van der Waals surface area contributed by atoms with Crippen LogP contribution in [0.2, 0.25) is 0 Å². The first-order chi connectivity index (χ1) is 13.0. The van der Waals surface area contributed by atoms with Gasteiger partial charge in [0.15, 0.2) is 0 Å². The summed E-state index contributed by atoms with van der Waals surface area (Å²) in [6, 6.07) is 3.20. The van der Waals surface area contributed by atoms with Crippen LogP contribution in [-0.2, 0) is 4.74 Å². The first kappa shape index (κ1) is 18.7. The Hall–Kier alpha value is -1.62. The van der Waals surface area contributed by atoms with E-state index in [1.165, 1.54) is 31.7 Å². The molecule has 1 aliphatic heterocycles. The Balaban J connectivity index is 1.54. The summed E-state index contributed by atoms with van der Waals surface area (Å²) in [4.78, 5) is 14.5. The molecule has 1 saturated heterocycles. The van der Waals surface area contributed by atoms with Crippen molar-refractivity contribution in [2.24, 2.45) is 5.41 Å². The molecule has 5 heteroatoms. The van der Waals surface area contributed by atoms with Gasteiger partial charge < -0.3 is 14.4 Å². The van der Waals surface area contributed by atoms with Crippen LogP contribution in [0.5, 0.6) is 5.75 Å². The second-order valence-corrected chi connectivity index (χ2v) is 8.85. The van der Waals surface area contributed by atoms with Gasteiger partial charge in [-0.2, -0.15) is 0 Å². The largest absolute Gasteiger partial charge is 0.493 e. The molecular weight excluding hydrogens is 345 g/mol. The zero-order chi connectivity index (χ0) is 19.0. The van der Waals surface area contributed by atoms with E-state index >= 15 is 0 Å². The van der Waals surface area contributed by atoms with Crippen molar-refractivity contribution in [3.05, 3.63) is 29.1 Å². The van der Waals surface area contributed by atoms with E-state index in [-0.39, 0.29) is 23.0 Å². The van der Waals surface area contributed by atoms with Crippen LogP contribution in [0.3, 0.4) is 0 Å². The fourth-order valence-corrected chi connectivity index (χ4v) is 4.47. The molecule has 0 radical (unpaired) electrons. The molecule has 2 saturated carbocycles. The van der Waals surface area contributed by atoms with Crippen molar-refractivity contribution in [2.75, 3.05) is 26.8 Å². The highest BCUT2D eigenvalue weighted by atomic mass is 19.1. The van der Waals surface area contributed by atoms with Gasteiger partial charge in [-0.15, -0.1) is 0 Å². The molecule has 0 spiro atoms. The number of likely N-dealkylation sites (tertiary alicyclic amines) is 1. The molecule has 2 aliphatic carbocycles. The van der Waals surface area contributed by atoms with Gasteiger partial charge in [0.25, 0.3) is 5.91 Å². The van der Waals surface area contributed by atoms with Gasteiger partial charge in [-0.3, -0.25) is 4.79 Å². The molecule has 0 aromatic heterocycles. The first-order valence-electron chi connectivity index (χ1n) is 10.3. The van der Waals surface area contributed by atoms with Gasteiger partial charge in [-0.1, -0.05) is 19.8 Å². The fourth-order valence-electron chi connectivity index (χ4n) is 4.47. The molecule has 1 amide bonds. The number of methoxy groups -OCH3 is 1.